The van der Waals surface area contributed by atoms with Crippen molar-refractivity contribution in [1.82, 2.24) is 5.43 Å². The van der Waals surface area contributed by atoms with E-state index in [9.17, 15) is 4.79 Å². The van der Waals surface area contributed by atoms with Crippen molar-refractivity contribution in [1.29, 1.82) is 0 Å². The molecule has 1 heterocycles. The Hall–Kier alpha value is -1.58. The van der Waals surface area contributed by atoms with E-state index in [0.717, 1.165) is 18.6 Å². The van der Waals surface area contributed by atoms with Gasteiger partial charge in [0, 0.05) is 5.92 Å². The number of nitrogens with one attached hydrogen (secondary N) is 1. The first-order valence-electron chi connectivity index (χ1n) is 4.65. The van der Waals surface area contributed by atoms with Crippen molar-refractivity contribution < 1.29 is 9.21 Å². The van der Waals surface area contributed by atoms with Crippen molar-refractivity contribution in [2.45, 2.75) is 19.8 Å². The Balaban J connectivity index is 1.84. The van der Waals surface area contributed by atoms with Gasteiger partial charge in [0.2, 0.25) is 5.91 Å². The van der Waals surface area contributed by atoms with Gasteiger partial charge in [-0.1, -0.05) is 0 Å². The SMILES string of the molecule is Cc1ccc(/C=N\NC(=O)C2CC2)o1. The Morgan fingerprint density at radius 2 is 2.43 bits per heavy atom. The van der Waals surface area contributed by atoms with Gasteiger partial charge in [-0.3, -0.25) is 4.79 Å². The summed E-state index contributed by atoms with van der Waals surface area (Å²) < 4.78 is 5.24. The molecule has 0 spiro atoms. The summed E-state index contributed by atoms with van der Waals surface area (Å²) in [6, 6.07) is 3.66. The zero-order chi connectivity index (χ0) is 9.97. The molecule has 1 aliphatic carbocycles. The summed E-state index contributed by atoms with van der Waals surface area (Å²) in [4.78, 5) is 11.1. The number of amides is 1. The van der Waals surface area contributed by atoms with Crippen molar-refractivity contribution in [3.8, 4) is 0 Å². The van der Waals surface area contributed by atoms with Crippen LogP contribution in [0.3, 0.4) is 0 Å². The van der Waals surface area contributed by atoms with E-state index in [1.165, 1.54) is 6.21 Å². The lowest BCUT2D eigenvalue weighted by Gasteiger charge is -1.93. The molecule has 0 radical (unpaired) electrons. The smallest absolute Gasteiger partial charge is 0.243 e. The summed E-state index contributed by atoms with van der Waals surface area (Å²) in [5.74, 6) is 1.67. The Morgan fingerprint density at radius 3 is 3.00 bits per heavy atom. The third-order valence-electron chi connectivity index (χ3n) is 2.08. The summed E-state index contributed by atoms with van der Waals surface area (Å²) in [5, 5.41) is 3.80. The molecule has 14 heavy (non-hydrogen) atoms. The minimum absolute atomic E-state index is 0.00419. The molecule has 1 aromatic heterocycles. The van der Waals surface area contributed by atoms with Gasteiger partial charge in [0.1, 0.15) is 11.5 Å². The molecule has 0 aliphatic heterocycles. The number of carbonyl (C=O) groups excluding carboxylic acids is 1. The van der Waals surface area contributed by atoms with Crippen LogP contribution in [0, 0.1) is 12.8 Å². The molecule has 4 nitrogen and oxygen atoms in total. The van der Waals surface area contributed by atoms with Crippen molar-refractivity contribution in [2.24, 2.45) is 11.0 Å². The summed E-state index contributed by atoms with van der Waals surface area (Å²) in [7, 11) is 0. The van der Waals surface area contributed by atoms with Crippen LogP contribution < -0.4 is 5.43 Å². The molecule has 1 aromatic rings. The molecule has 1 saturated carbocycles. The predicted octanol–water partition coefficient (Wildman–Crippen LogP) is 1.45. The van der Waals surface area contributed by atoms with E-state index in [1.54, 1.807) is 0 Å². The molecule has 1 fully saturated rings. The van der Waals surface area contributed by atoms with Crippen LogP contribution in [0.1, 0.15) is 24.4 Å². The highest BCUT2D eigenvalue weighted by molar-refractivity contribution is 5.83. The number of hydrogen-bond acceptors (Lipinski definition) is 3. The van der Waals surface area contributed by atoms with Gasteiger partial charge in [0.25, 0.3) is 0 Å². The zero-order valence-electron chi connectivity index (χ0n) is 7.99. The van der Waals surface area contributed by atoms with Gasteiger partial charge in [-0.05, 0) is 31.9 Å². The summed E-state index contributed by atoms with van der Waals surface area (Å²) >= 11 is 0. The molecular formula is C10H12N2O2. The number of furan rings is 1. The highest BCUT2D eigenvalue weighted by atomic mass is 16.3. The second-order valence-electron chi connectivity index (χ2n) is 3.46. The van der Waals surface area contributed by atoms with Crippen molar-refractivity contribution in [3.05, 3.63) is 23.7 Å². The van der Waals surface area contributed by atoms with Crippen LogP contribution in [-0.2, 0) is 4.79 Å². The Labute approximate surface area is 82.0 Å². The van der Waals surface area contributed by atoms with Gasteiger partial charge in [0.15, 0.2) is 0 Å². The van der Waals surface area contributed by atoms with Gasteiger partial charge in [-0.15, -0.1) is 0 Å². The molecule has 0 aromatic carbocycles. The van der Waals surface area contributed by atoms with Crippen LogP contribution in [0.5, 0.6) is 0 Å². The van der Waals surface area contributed by atoms with Crippen LogP contribution in [0.25, 0.3) is 0 Å². The van der Waals surface area contributed by atoms with Gasteiger partial charge in [0.05, 0.1) is 6.21 Å². The van der Waals surface area contributed by atoms with E-state index < -0.39 is 0 Å². The van der Waals surface area contributed by atoms with Crippen LogP contribution in [-0.4, -0.2) is 12.1 Å². The molecular weight excluding hydrogens is 180 g/mol. The Bertz CT molecular complexity index is 364. The van der Waals surface area contributed by atoms with E-state index in [-0.39, 0.29) is 11.8 Å². The Kier molecular flexibility index (Phi) is 2.35. The maximum Gasteiger partial charge on any atom is 0.243 e. The molecule has 0 bridgehead atoms. The van der Waals surface area contributed by atoms with Crippen LogP contribution in [0.15, 0.2) is 21.7 Å². The standard InChI is InChI=1S/C10H12N2O2/c1-7-2-5-9(14-7)6-11-12-10(13)8-3-4-8/h2,5-6,8H,3-4H2,1H3,(H,12,13)/b11-6-. The molecule has 4 heteroatoms. The molecule has 0 unspecified atom stereocenters. The number of nitrogens with zero attached hydrogens (tertiary/aromatic N) is 1. The summed E-state index contributed by atoms with van der Waals surface area (Å²) in [6.45, 7) is 1.86. The summed E-state index contributed by atoms with van der Waals surface area (Å²) in [6.07, 6.45) is 3.48. The number of carbonyl (C=O) groups is 1. The zero-order valence-corrected chi connectivity index (χ0v) is 7.99. The number of hydrazone groups is 1. The highest BCUT2D eigenvalue weighted by Crippen LogP contribution is 2.28. The third kappa shape index (κ3) is 2.22. The lowest BCUT2D eigenvalue weighted by Crippen LogP contribution is -2.18. The molecule has 2 rings (SSSR count). The Morgan fingerprint density at radius 1 is 1.64 bits per heavy atom. The van der Waals surface area contributed by atoms with E-state index >= 15 is 0 Å². The molecule has 1 aliphatic rings. The fourth-order valence-electron chi connectivity index (χ4n) is 1.12. The van der Waals surface area contributed by atoms with Gasteiger partial charge < -0.3 is 4.42 Å². The second kappa shape index (κ2) is 3.65. The lowest BCUT2D eigenvalue weighted by molar-refractivity contribution is -0.122. The van der Waals surface area contributed by atoms with Crippen molar-refractivity contribution in [2.75, 3.05) is 0 Å². The summed E-state index contributed by atoms with van der Waals surface area (Å²) in [5.41, 5.74) is 2.47. The third-order valence-corrected chi connectivity index (χ3v) is 2.08. The fraction of sp³-hybridized carbons (Fsp3) is 0.400. The van der Waals surface area contributed by atoms with Crippen molar-refractivity contribution in [3.63, 3.8) is 0 Å². The maximum atomic E-state index is 11.1. The van der Waals surface area contributed by atoms with Crippen LogP contribution >= 0.6 is 0 Å². The van der Waals surface area contributed by atoms with E-state index in [1.807, 2.05) is 19.1 Å². The quantitative estimate of drug-likeness (QED) is 0.582. The van der Waals surface area contributed by atoms with Gasteiger partial charge in [-0.25, -0.2) is 5.43 Å². The highest BCUT2D eigenvalue weighted by Gasteiger charge is 2.29. The van der Waals surface area contributed by atoms with E-state index in [0.29, 0.717) is 5.76 Å². The molecule has 1 amide bonds. The minimum atomic E-state index is 0.00419. The average Bonchev–Trinajstić information content (AvgIpc) is 2.92. The van der Waals surface area contributed by atoms with Crippen molar-refractivity contribution >= 4 is 12.1 Å². The number of rotatable bonds is 3. The topological polar surface area (TPSA) is 54.6 Å². The molecule has 1 N–H and O–H groups in total. The lowest BCUT2D eigenvalue weighted by atomic mass is 10.4. The largest absolute Gasteiger partial charge is 0.460 e. The van der Waals surface area contributed by atoms with Gasteiger partial charge in [-0.2, -0.15) is 5.10 Å². The number of hydrogen-bond donors (Lipinski definition) is 1. The minimum Gasteiger partial charge on any atom is -0.460 e. The second-order valence-corrected chi connectivity index (χ2v) is 3.46. The van der Waals surface area contributed by atoms with E-state index in [2.05, 4.69) is 10.5 Å². The number of aryl methyl sites for hydroxylation is 1. The average molecular weight is 192 g/mol. The first-order valence-corrected chi connectivity index (χ1v) is 4.65. The first kappa shape index (κ1) is 8.99. The monoisotopic (exact) mass is 192 g/mol. The maximum absolute atomic E-state index is 11.1. The van der Waals surface area contributed by atoms with E-state index in [4.69, 9.17) is 4.42 Å². The first-order chi connectivity index (χ1) is 6.75. The normalized spacial score (nSPS) is 16.1. The predicted molar refractivity (Wildman–Crippen MR) is 51.9 cm³/mol. The molecule has 74 valence electrons. The fourth-order valence-corrected chi connectivity index (χ4v) is 1.12. The van der Waals surface area contributed by atoms with Crippen LogP contribution in [0.4, 0.5) is 0 Å². The van der Waals surface area contributed by atoms with Gasteiger partial charge >= 0.3 is 0 Å². The molecule has 0 saturated heterocycles. The molecule has 0 atom stereocenters. The van der Waals surface area contributed by atoms with Crippen LogP contribution in [0.2, 0.25) is 0 Å².